The van der Waals surface area contributed by atoms with Crippen molar-refractivity contribution in [2.24, 2.45) is 11.5 Å². The highest BCUT2D eigenvalue weighted by atomic mass is 16.3. The van der Waals surface area contributed by atoms with Gasteiger partial charge in [-0.05, 0) is 12.8 Å². The Bertz CT molecular complexity index is 122. The van der Waals surface area contributed by atoms with Gasteiger partial charge in [0.05, 0.1) is 18.8 Å². The van der Waals surface area contributed by atoms with Gasteiger partial charge in [-0.2, -0.15) is 0 Å². The second-order valence-corrected chi connectivity index (χ2v) is 3.88. The molecule has 0 heterocycles. The van der Waals surface area contributed by atoms with E-state index >= 15 is 0 Å². The third-order valence-corrected chi connectivity index (χ3v) is 2.18. The lowest BCUT2D eigenvalue weighted by Crippen LogP contribution is -2.34. The van der Waals surface area contributed by atoms with E-state index in [1.165, 1.54) is 0 Å². The van der Waals surface area contributed by atoms with Crippen LogP contribution in [0.3, 0.4) is 0 Å². The Morgan fingerprint density at radius 2 is 1.56 bits per heavy atom. The number of nitrogens with two attached hydrogens (primary N) is 2. The van der Waals surface area contributed by atoms with Crippen molar-refractivity contribution in [2.45, 2.75) is 57.8 Å². The topological polar surface area (TPSA) is 113 Å². The maximum absolute atomic E-state index is 9.32. The number of hydrogen-bond acceptors (Lipinski definition) is 5. The molecule has 0 aromatic rings. The highest BCUT2D eigenvalue weighted by Gasteiger charge is 2.11. The van der Waals surface area contributed by atoms with Gasteiger partial charge in [0, 0.05) is 12.6 Å². The molecule has 0 aliphatic heterocycles. The summed E-state index contributed by atoms with van der Waals surface area (Å²) in [4.78, 5) is 0. The Labute approximate surface area is 98.5 Å². The highest BCUT2D eigenvalue weighted by Crippen LogP contribution is 2.04. The number of hydrogen-bond donors (Lipinski definition) is 5. The van der Waals surface area contributed by atoms with Gasteiger partial charge in [-0.25, -0.2) is 0 Å². The monoisotopic (exact) mass is 236 g/mol. The molecule has 0 saturated heterocycles. The van der Waals surface area contributed by atoms with Gasteiger partial charge < -0.3 is 26.8 Å². The van der Waals surface area contributed by atoms with E-state index in [1.807, 2.05) is 0 Å². The van der Waals surface area contributed by atoms with Crippen LogP contribution < -0.4 is 11.5 Å². The molecule has 3 unspecified atom stereocenters. The first kappa shape index (κ1) is 18.2. The Morgan fingerprint density at radius 1 is 1.06 bits per heavy atom. The Morgan fingerprint density at radius 3 is 1.81 bits per heavy atom. The van der Waals surface area contributed by atoms with E-state index in [0.717, 1.165) is 25.7 Å². The third-order valence-electron chi connectivity index (χ3n) is 2.18. The van der Waals surface area contributed by atoms with E-state index in [4.69, 9.17) is 21.7 Å². The molecule has 0 radical (unpaired) electrons. The average molecular weight is 236 g/mol. The Hall–Kier alpha value is -0.200. The van der Waals surface area contributed by atoms with E-state index in [2.05, 4.69) is 13.8 Å². The van der Waals surface area contributed by atoms with Crippen molar-refractivity contribution in [3.8, 4) is 0 Å². The summed E-state index contributed by atoms with van der Waals surface area (Å²) in [5.41, 5.74) is 10.5. The summed E-state index contributed by atoms with van der Waals surface area (Å²) < 4.78 is 0. The lowest BCUT2D eigenvalue weighted by molar-refractivity contribution is 0.102. The highest BCUT2D eigenvalue weighted by molar-refractivity contribution is 4.69. The van der Waals surface area contributed by atoms with Gasteiger partial charge in [0.1, 0.15) is 0 Å². The fraction of sp³-hybridized carbons (Fsp3) is 1.00. The molecule has 0 aliphatic rings. The van der Waals surface area contributed by atoms with Crippen LogP contribution in [0.25, 0.3) is 0 Å². The van der Waals surface area contributed by atoms with E-state index in [0.29, 0.717) is 0 Å². The fourth-order valence-corrected chi connectivity index (χ4v) is 1.11. The molecule has 0 amide bonds. The van der Waals surface area contributed by atoms with Gasteiger partial charge in [0.2, 0.25) is 0 Å². The molecule has 0 bridgehead atoms. The predicted octanol–water partition coefficient (Wildman–Crippen LogP) is -0.427. The smallest absolute Gasteiger partial charge is 0.0892 e. The molecule has 0 rings (SSSR count). The normalized spacial score (nSPS) is 15.9. The number of aliphatic hydroxyl groups excluding tert-OH is 3. The van der Waals surface area contributed by atoms with Gasteiger partial charge in [-0.15, -0.1) is 0 Å². The van der Waals surface area contributed by atoms with Crippen LogP contribution in [0.15, 0.2) is 0 Å². The number of aliphatic hydroxyl groups is 3. The van der Waals surface area contributed by atoms with Crippen molar-refractivity contribution in [1.82, 2.24) is 0 Å². The van der Waals surface area contributed by atoms with Crippen LogP contribution in [0.2, 0.25) is 0 Å². The van der Waals surface area contributed by atoms with Crippen molar-refractivity contribution in [1.29, 1.82) is 0 Å². The summed E-state index contributed by atoms with van der Waals surface area (Å²) in [6.45, 7) is 4.04. The molecule has 0 aromatic carbocycles. The summed E-state index contributed by atoms with van der Waals surface area (Å²) >= 11 is 0. The second-order valence-electron chi connectivity index (χ2n) is 3.88. The zero-order valence-corrected chi connectivity index (χ0v) is 10.5. The van der Waals surface area contributed by atoms with Crippen molar-refractivity contribution in [3.05, 3.63) is 0 Å². The molecule has 0 saturated carbocycles. The third kappa shape index (κ3) is 11.9. The van der Waals surface area contributed by atoms with Crippen LogP contribution in [0, 0.1) is 0 Å². The first-order valence-corrected chi connectivity index (χ1v) is 5.95. The van der Waals surface area contributed by atoms with Crippen LogP contribution in [0.5, 0.6) is 0 Å². The van der Waals surface area contributed by atoms with Crippen LogP contribution in [0.4, 0.5) is 0 Å². The summed E-state index contributed by atoms with van der Waals surface area (Å²) in [6, 6.07) is -0.00931. The molecular weight excluding hydrogens is 208 g/mol. The van der Waals surface area contributed by atoms with E-state index in [9.17, 15) is 5.11 Å². The predicted molar refractivity (Wildman–Crippen MR) is 65.9 cm³/mol. The van der Waals surface area contributed by atoms with E-state index in [1.54, 1.807) is 0 Å². The first-order chi connectivity index (χ1) is 7.53. The largest absolute Gasteiger partial charge is 0.394 e. The zero-order chi connectivity index (χ0) is 13.0. The molecule has 5 nitrogen and oxygen atoms in total. The summed E-state index contributed by atoms with van der Waals surface area (Å²) in [5, 5.41) is 25.6. The van der Waals surface area contributed by atoms with Gasteiger partial charge in [-0.3, -0.25) is 0 Å². The van der Waals surface area contributed by atoms with Gasteiger partial charge >= 0.3 is 0 Å². The fourth-order valence-electron chi connectivity index (χ4n) is 1.11. The molecule has 0 aromatic heterocycles. The van der Waals surface area contributed by atoms with Crippen molar-refractivity contribution < 1.29 is 15.3 Å². The quantitative estimate of drug-likeness (QED) is 0.412. The second kappa shape index (κ2) is 12.9. The Balaban J connectivity index is 0. The van der Waals surface area contributed by atoms with E-state index < -0.39 is 6.10 Å². The van der Waals surface area contributed by atoms with E-state index in [-0.39, 0.29) is 25.3 Å². The number of rotatable bonds is 7. The minimum Gasteiger partial charge on any atom is -0.394 e. The van der Waals surface area contributed by atoms with Gasteiger partial charge in [0.15, 0.2) is 0 Å². The minimum atomic E-state index is -0.731. The maximum atomic E-state index is 9.32. The molecule has 0 aliphatic carbocycles. The van der Waals surface area contributed by atoms with Crippen LogP contribution >= 0.6 is 0 Å². The summed E-state index contributed by atoms with van der Waals surface area (Å²) in [6.07, 6.45) is 2.82. The molecule has 3 atom stereocenters. The SMILES string of the molecule is CCCC(N)C(O)CCC.NCC(O)CO. The van der Waals surface area contributed by atoms with Crippen LogP contribution in [-0.4, -0.2) is 46.7 Å². The van der Waals surface area contributed by atoms with Crippen molar-refractivity contribution >= 4 is 0 Å². The summed E-state index contributed by atoms with van der Waals surface area (Å²) in [5.74, 6) is 0. The molecule has 0 spiro atoms. The van der Waals surface area contributed by atoms with Crippen molar-refractivity contribution in [3.63, 3.8) is 0 Å². The first-order valence-electron chi connectivity index (χ1n) is 5.95. The average Bonchev–Trinajstić information content (AvgIpc) is 2.29. The van der Waals surface area contributed by atoms with Crippen molar-refractivity contribution in [2.75, 3.05) is 13.2 Å². The Kier molecular flexibility index (Phi) is 14.6. The minimum absolute atomic E-state index is 0.00931. The zero-order valence-electron chi connectivity index (χ0n) is 10.5. The lowest BCUT2D eigenvalue weighted by atomic mass is 10.0. The lowest BCUT2D eigenvalue weighted by Gasteiger charge is -2.16. The maximum Gasteiger partial charge on any atom is 0.0892 e. The molecule has 5 heteroatoms. The standard InChI is InChI=1S/C8H19NO.C3H9NO2/c1-3-5-7(9)8(10)6-4-2;4-1-3(6)2-5/h7-8,10H,3-6,9H2,1-2H3;3,5-6H,1-2,4H2. The van der Waals surface area contributed by atoms with Gasteiger partial charge in [-0.1, -0.05) is 26.7 Å². The molecule has 16 heavy (non-hydrogen) atoms. The van der Waals surface area contributed by atoms with Crippen LogP contribution in [-0.2, 0) is 0 Å². The molecule has 7 N–H and O–H groups in total. The van der Waals surface area contributed by atoms with Crippen LogP contribution in [0.1, 0.15) is 39.5 Å². The molecular formula is C11H28N2O3. The molecule has 100 valence electrons. The summed E-state index contributed by atoms with van der Waals surface area (Å²) in [7, 11) is 0. The molecule has 0 fully saturated rings. The van der Waals surface area contributed by atoms with Gasteiger partial charge in [0.25, 0.3) is 0 Å².